The third-order valence-corrected chi connectivity index (χ3v) is 4.70. The molecule has 0 unspecified atom stereocenters. The molecule has 0 atom stereocenters. The van der Waals surface area contributed by atoms with Crippen LogP contribution in [0.2, 0.25) is 0 Å². The van der Waals surface area contributed by atoms with Crippen LogP contribution >= 0.6 is 0 Å². The summed E-state index contributed by atoms with van der Waals surface area (Å²) in [5.74, 6) is 0.751. The van der Waals surface area contributed by atoms with Crippen LogP contribution in [0.4, 0.5) is 0 Å². The summed E-state index contributed by atoms with van der Waals surface area (Å²) in [4.78, 5) is 12.6. The maximum Gasteiger partial charge on any atom is 0.355 e. The summed E-state index contributed by atoms with van der Waals surface area (Å²) in [7, 11) is 0. The van der Waals surface area contributed by atoms with Gasteiger partial charge in [-0.15, -0.1) is 0 Å². The molecule has 0 radical (unpaired) electrons. The van der Waals surface area contributed by atoms with Crippen molar-refractivity contribution < 1.29 is 14.3 Å². The lowest BCUT2D eigenvalue weighted by Crippen LogP contribution is -2.41. The maximum atomic E-state index is 12.6. The summed E-state index contributed by atoms with van der Waals surface area (Å²) in [6.07, 6.45) is 1.08. The molecule has 0 amide bonds. The van der Waals surface area contributed by atoms with Crippen LogP contribution in [-0.2, 0) is 10.2 Å². The van der Waals surface area contributed by atoms with E-state index in [2.05, 4.69) is 46.8 Å². The van der Waals surface area contributed by atoms with E-state index >= 15 is 0 Å². The molecule has 0 aliphatic rings. The third kappa shape index (κ3) is 6.12. The summed E-state index contributed by atoms with van der Waals surface area (Å²) in [5, 5.41) is 0. The summed E-state index contributed by atoms with van der Waals surface area (Å²) in [6, 6.07) is 15.4. The predicted octanol–water partition coefficient (Wildman–Crippen LogP) is 6.47. The van der Waals surface area contributed by atoms with Crippen LogP contribution in [0.25, 0.3) is 0 Å². The molecule has 0 aromatic heterocycles. The zero-order valence-electron chi connectivity index (χ0n) is 18.6. The first-order chi connectivity index (χ1) is 12.8. The van der Waals surface area contributed by atoms with Gasteiger partial charge in [0.15, 0.2) is 0 Å². The Hall–Kier alpha value is -2.29. The van der Waals surface area contributed by atoms with Gasteiger partial charge in [-0.25, -0.2) is 4.79 Å². The maximum absolute atomic E-state index is 12.6. The summed E-state index contributed by atoms with van der Waals surface area (Å²) < 4.78 is 11.4. The second-order valence-corrected chi connectivity index (χ2v) is 9.96. The van der Waals surface area contributed by atoms with Crippen molar-refractivity contribution in [3.8, 4) is 11.5 Å². The molecule has 0 bridgehead atoms. The standard InChI is InChI=1S/C25H34O3/c1-18-9-13-20(14-10-18)27-22(26)25(7,8)28-21-15-11-19(12-16-21)24(5,6)17-23(2,3)4/h9-16H,17H2,1-8H3. The van der Waals surface area contributed by atoms with Crippen LogP contribution in [0.15, 0.2) is 48.5 Å². The van der Waals surface area contributed by atoms with E-state index in [1.807, 2.05) is 31.2 Å². The number of aryl methyl sites for hydroxylation is 1. The number of ether oxygens (including phenoxy) is 2. The molecule has 0 fully saturated rings. The highest BCUT2D eigenvalue weighted by molar-refractivity contribution is 5.81. The second kappa shape index (κ2) is 7.98. The third-order valence-electron chi connectivity index (χ3n) is 4.70. The van der Waals surface area contributed by atoms with Crippen LogP contribution in [0, 0.1) is 12.3 Å². The van der Waals surface area contributed by atoms with Crippen molar-refractivity contribution in [2.45, 2.75) is 72.8 Å². The van der Waals surface area contributed by atoms with Gasteiger partial charge in [-0.3, -0.25) is 0 Å². The fourth-order valence-electron chi connectivity index (χ4n) is 3.57. The largest absolute Gasteiger partial charge is 0.476 e. The SMILES string of the molecule is Cc1ccc(OC(=O)C(C)(C)Oc2ccc(C(C)(C)CC(C)(C)C)cc2)cc1. The highest BCUT2D eigenvalue weighted by Crippen LogP contribution is 2.37. The lowest BCUT2D eigenvalue weighted by Gasteiger charge is -2.33. The fourth-order valence-corrected chi connectivity index (χ4v) is 3.57. The van der Waals surface area contributed by atoms with Crippen LogP contribution in [0.1, 0.15) is 66.0 Å². The van der Waals surface area contributed by atoms with Crippen molar-refractivity contribution in [3.63, 3.8) is 0 Å². The molecule has 28 heavy (non-hydrogen) atoms. The molecule has 3 nitrogen and oxygen atoms in total. The van der Waals surface area contributed by atoms with Gasteiger partial charge in [0.2, 0.25) is 5.60 Å². The molecule has 0 aliphatic carbocycles. The van der Waals surface area contributed by atoms with Crippen molar-refractivity contribution in [2.24, 2.45) is 5.41 Å². The zero-order chi connectivity index (χ0) is 21.2. The van der Waals surface area contributed by atoms with E-state index in [-0.39, 0.29) is 10.8 Å². The molecule has 152 valence electrons. The van der Waals surface area contributed by atoms with Gasteiger partial charge in [0.25, 0.3) is 0 Å². The molecule has 0 saturated heterocycles. The van der Waals surface area contributed by atoms with E-state index in [1.54, 1.807) is 26.0 Å². The quantitative estimate of drug-likeness (QED) is 0.424. The smallest absolute Gasteiger partial charge is 0.355 e. The number of hydrogen-bond donors (Lipinski definition) is 0. The van der Waals surface area contributed by atoms with E-state index in [1.165, 1.54) is 5.56 Å². The highest BCUT2D eigenvalue weighted by Gasteiger charge is 2.33. The summed E-state index contributed by atoms with van der Waals surface area (Å²) in [6.45, 7) is 16.7. The van der Waals surface area contributed by atoms with Gasteiger partial charge >= 0.3 is 5.97 Å². The molecule has 2 aromatic rings. The van der Waals surface area contributed by atoms with Gasteiger partial charge in [0, 0.05) is 0 Å². The Kier molecular flexibility index (Phi) is 6.27. The Morgan fingerprint density at radius 1 is 0.786 bits per heavy atom. The normalized spacial score (nSPS) is 12.6. The number of rotatable bonds is 6. The minimum Gasteiger partial charge on any atom is -0.476 e. The van der Waals surface area contributed by atoms with Gasteiger partial charge in [0.05, 0.1) is 0 Å². The topological polar surface area (TPSA) is 35.5 Å². The Bertz CT molecular complexity index is 791. The van der Waals surface area contributed by atoms with Crippen molar-refractivity contribution in [2.75, 3.05) is 0 Å². The zero-order valence-corrected chi connectivity index (χ0v) is 18.6. The molecular weight excluding hydrogens is 348 g/mol. The number of esters is 1. The van der Waals surface area contributed by atoms with Gasteiger partial charge < -0.3 is 9.47 Å². The lowest BCUT2D eigenvalue weighted by molar-refractivity contribution is -0.149. The van der Waals surface area contributed by atoms with Gasteiger partial charge in [-0.2, -0.15) is 0 Å². The highest BCUT2D eigenvalue weighted by atomic mass is 16.6. The molecule has 0 saturated carbocycles. The first-order valence-electron chi connectivity index (χ1n) is 9.87. The van der Waals surface area contributed by atoms with Crippen molar-refractivity contribution >= 4 is 5.97 Å². The minimum atomic E-state index is -1.09. The molecule has 3 heteroatoms. The Morgan fingerprint density at radius 3 is 1.79 bits per heavy atom. The van der Waals surface area contributed by atoms with E-state index in [4.69, 9.17) is 9.47 Å². The predicted molar refractivity (Wildman–Crippen MR) is 115 cm³/mol. The lowest BCUT2D eigenvalue weighted by atomic mass is 9.72. The van der Waals surface area contributed by atoms with E-state index in [9.17, 15) is 4.79 Å². The van der Waals surface area contributed by atoms with Gasteiger partial charge in [-0.05, 0) is 67.9 Å². The Balaban J connectivity index is 2.07. The second-order valence-electron chi connectivity index (χ2n) is 9.96. The van der Waals surface area contributed by atoms with Crippen molar-refractivity contribution in [1.29, 1.82) is 0 Å². The molecule has 0 heterocycles. The minimum absolute atomic E-state index is 0.0661. The number of carbonyl (C=O) groups is 1. The fraction of sp³-hybridized carbons (Fsp3) is 0.480. The molecule has 0 N–H and O–H groups in total. The monoisotopic (exact) mass is 382 g/mol. The molecular formula is C25H34O3. The molecule has 0 aliphatic heterocycles. The first-order valence-corrected chi connectivity index (χ1v) is 9.87. The van der Waals surface area contributed by atoms with Gasteiger partial charge in [-0.1, -0.05) is 64.4 Å². The summed E-state index contributed by atoms with van der Waals surface area (Å²) in [5.41, 5.74) is 1.60. The summed E-state index contributed by atoms with van der Waals surface area (Å²) >= 11 is 0. The van der Waals surface area contributed by atoms with Crippen molar-refractivity contribution in [1.82, 2.24) is 0 Å². The Labute approximate surface area is 170 Å². The number of hydrogen-bond acceptors (Lipinski definition) is 3. The number of carbonyl (C=O) groups excluding carboxylic acids is 1. The van der Waals surface area contributed by atoms with Crippen LogP contribution in [0.5, 0.6) is 11.5 Å². The van der Waals surface area contributed by atoms with Gasteiger partial charge in [0.1, 0.15) is 11.5 Å². The Morgan fingerprint density at radius 2 is 1.29 bits per heavy atom. The average Bonchev–Trinajstić information content (AvgIpc) is 2.55. The molecule has 0 spiro atoms. The molecule has 2 aromatic carbocycles. The number of benzene rings is 2. The van der Waals surface area contributed by atoms with Crippen LogP contribution in [0.3, 0.4) is 0 Å². The van der Waals surface area contributed by atoms with Crippen LogP contribution < -0.4 is 9.47 Å². The van der Waals surface area contributed by atoms with E-state index < -0.39 is 11.6 Å². The first kappa shape index (κ1) is 22.0. The van der Waals surface area contributed by atoms with E-state index in [0.29, 0.717) is 11.5 Å². The van der Waals surface area contributed by atoms with Crippen LogP contribution in [-0.4, -0.2) is 11.6 Å². The average molecular weight is 383 g/mol. The van der Waals surface area contributed by atoms with E-state index in [0.717, 1.165) is 12.0 Å². The molecule has 2 rings (SSSR count). The van der Waals surface area contributed by atoms with Crippen molar-refractivity contribution in [3.05, 3.63) is 59.7 Å².